The fourth-order valence-corrected chi connectivity index (χ4v) is 38.2. The summed E-state index contributed by atoms with van der Waals surface area (Å²) in [6.07, 6.45) is 6.72. The Labute approximate surface area is 477 Å². The van der Waals surface area contributed by atoms with Crippen LogP contribution in [0.3, 0.4) is 0 Å². The first-order valence-corrected chi connectivity index (χ1v) is 55.5. The first-order valence-electron chi connectivity index (χ1n) is 22.9. The van der Waals surface area contributed by atoms with Crippen molar-refractivity contribution in [2.75, 3.05) is 18.9 Å². The van der Waals surface area contributed by atoms with Crippen molar-refractivity contribution < 1.29 is 63.0 Å². The first-order chi connectivity index (χ1) is 30.4. The summed E-state index contributed by atoms with van der Waals surface area (Å²) in [5, 5.41) is 27.1. The molecule has 68 heavy (non-hydrogen) atoms. The molecule has 1 heterocycles. The molecule has 0 atom stereocenters. The van der Waals surface area contributed by atoms with E-state index in [0.29, 0.717) is 33.0 Å². The quantitative estimate of drug-likeness (QED) is 0.0384. The molecule has 4 N–H and O–H groups in total. The molecular formula is C34H92B6N6O5P6Pt2Si9. The largest absolute Gasteiger partial charge is 0.461 e. The van der Waals surface area contributed by atoms with Gasteiger partial charge in [-0.15, -0.1) is 25.1 Å². The van der Waals surface area contributed by atoms with Crippen LogP contribution in [0.4, 0.5) is 0 Å². The van der Waals surface area contributed by atoms with Crippen LogP contribution >= 0.6 is 49.7 Å². The maximum atomic E-state index is 7.08. The van der Waals surface area contributed by atoms with E-state index >= 15 is 0 Å². The smallest absolute Gasteiger partial charge is 0.266 e. The van der Waals surface area contributed by atoms with Crippen LogP contribution in [0.5, 0.6) is 0 Å². The van der Waals surface area contributed by atoms with Gasteiger partial charge < -0.3 is 30.2 Å². The number of rotatable bonds is 26. The van der Waals surface area contributed by atoms with E-state index in [1.165, 1.54) is 18.9 Å². The standard InChI is InChI=1S/2C8H21B2N2OP2Si2.C6H14OSi.2C4H14OSi2.2C2H4BNP.2Pt/c2*1-16(2,7-5-10-15-11)13-17(3,4)8-6-14-12-9;1-8(2)6-4-3-5-7-8;2*1-6(2)5-7(3)4;2*1-2-3-5-4;;/h2*11H,5-8H2,1-4H3;3-6H2,1-2H3;2*6-7H,1-4H3;2*2,4H,1H2;;. The van der Waals surface area contributed by atoms with Crippen molar-refractivity contribution in [3.05, 3.63) is 25.1 Å². The number of nitrogens with one attached hydrogen (secondary N) is 4. The van der Waals surface area contributed by atoms with Crippen LogP contribution in [0.1, 0.15) is 12.8 Å². The zero-order valence-electron chi connectivity index (χ0n) is 45.6. The second-order valence-electron chi connectivity index (χ2n) is 19.0. The second-order valence-corrected chi connectivity index (χ2v) is 55.8. The molecule has 1 saturated heterocycles. The Morgan fingerprint density at radius 3 is 1.06 bits per heavy atom. The molecule has 0 aliphatic carbocycles. The minimum atomic E-state index is -1.56. The van der Waals surface area contributed by atoms with Gasteiger partial charge in [-0.1, -0.05) is 52.1 Å². The van der Waals surface area contributed by atoms with E-state index in [2.05, 4.69) is 140 Å². The molecule has 392 valence electrons. The van der Waals surface area contributed by atoms with Gasteiger partial charge in [-0.2, -0.15) is 0 Å². The van der Waals surface area contributed by atoms with Gasteiger partial charge in [0.15, 0.2) is 77.7 Å². The van der Waals surface area contributed by atoms with E-state index in [4.69, 9.17) is 57.5 Å². The maximum absolute atomic E-state index is 7.08. The predicted molar refractivity (Wildman–Crippen MR) is 338 cm³/mol. The number of hydrogen-bond acceptors (Lipinski definition) is 11. The van der Waals surface area contributed by atoms with Crippen molar-refractivity contribution >= 4 is 171 Å². The Morgan fingerprint density at radius 1 is 0.588 bits per heavy atom. The van der Waals surface area contributed by atoms with Crippen molar-refractivity contribution in [2.45, 2.75) is 174 Å². The van der Waals surface area contributed by atoms with Crippen LogP contribution in [0.25, 0.3) is 0 Å². The Kier molecular flexibility index (Phi) is 75.6. The van der Waals surface area contributed by atoms with E-state index in [1.807, 2.05) is 14.0 Å². The van der Waals surface area contributed by atoms with E-state index in [0.717, 1.165) is 72.5 Å². The van der Waals surface area contributed by atoms with Gasteiger partial charge in [0.2, 0.25) is 28.0 Å². The van der Waals surface area contributed by atoms with Gasteiger partial charge in [-0.3, -0.25) is 20.6 Å². The summed E-state index contributed by atoms with van der Waals surface area (Å²) in [6, 6.07) is 5.84. The number of nitrogens with zero attached hydrogens (tertiary/aromatic N) is 2. The molecule has 0 spiro atoms. The summed E-state index contributed by atoms with van der Waals surface area (Å²) in [4.78, 5) is 0. The molecule has 0 aromatic carbocycles. The second kappa shape index (κ2) is 58.3. The molecule has 0 unspecified atom stereocenters. The van der Waals surface area contributed by atoms with Gasteiger partial charge in [0.05, 0.1) is 0 Å². The molecule has 0 aromatic heterocycles. The number of hydrogen-bond donors (Lipinski definition) is 4. The molecule has 0 bridgehead atoms. The zero-order chi connectivity index (χ0) is 52.7. The molecule has 8 radical (unpaired) electrons. The van der Waals surface area contributed by atoms with Gasteiger partial charge >= 0.3 is 0 Å². The van der Waals surface area contributed by atoms with Crippen molar-refractivity contribution in [3.8, 4) is 0 Å². The molecular weight excluding hydrogens is 1470 g/mol. The van der Waals surface area contributed by atoms with Crippen LogP contribution in [-0.4, -0.2) is 141 Å². The third kappa shape index (κ3) is 86.3. The Hall–Kier alpha value is 3.60. The summed E-state index contributed by atoms with van der Waals surface area (Å²) in [6.45, 7) is 55.6. The minimum absolute atomic E-state index is 0. The van der Waals surface area contributed by atoms with Crippen LogP contribution in [0.2, 0.25) is 161 Å². The fraction of sp³-hybridized carbons (Fsp3) is 0.882. The summed E-state index contributed by atoms with van der Waals surface area (Å²) in [7, 11) is 4.56. The summed E-state index contributed by atoms with van der Waals surface area (Å²) in [5.41, 5.74) is 0. The average Bonchev–Trinajstić information content (AvgIpc) is 3.15. The van der Waals surface area contributed by atoms with Crippen LogP contribution < -0.4 is 0 Å². The third-order valence-corrected chi connectivity index (χ3v) is 37.5. The van der Waals surface area contributed by atoms with E-state index in [9.17, 15) is 0 Å². The van der Waals surface area contributed by atoms with E-state index in [-0.39, 0.29) is 42.1 Å². The van der Waals surface area contributed by atoms with Crippen LogP contribution in [-0.2, 0) is 63.0 Å². The van der Waals surface area contributed by atoms with Crippen molar-refractivity contribution in [3.63, 3.8) is 0 Å². The Balaban J connectivity index is -0.000000108. The normalized spacial score (nSPS) is 13.3. The molecule has 34 heteroatoms. The SMILES string of the molecule is C=C[B]P=N.C=C[B]P=N.C[SiH](C)O[SiH](C)C.C[SiH](C)O[SiH](C)C.C[Si]1(C)CCCCO1.[B]N=PCC[Si](C)(C)O[Si](C)(C)CC[B]P=N.[B]N=PCC[Si](C)(C)O[Si](C)(C)CC[B]P=N.[Pt].[Pt]. The maximum Gasteiger partial charge on any atom is 0.266 e. The van der Waals surface area contributed by atoms with Gasteiger partial charge in [0.1, 0.15) is 0 Å². The van der Waals surface area contributed by atoms with E-state index in [1.54, 1.807) is 25.9 Å². The van der Waals surface area contributed by atoms with Gasteiger partial charge in [-0.25, -0.2) is 0 Å². The monoisotopic (exact) mass is 1560 g/mol. The Bertz CT molecular complexity index is 1180. The minimum Gasteiger partial charge on any atom is -0.461 e. The molecule has 1 fully saturated rings. The average molecular weight is 1560 g/mol. The molecule has 1 rings (SSSR count). The van der Waals surface area contributed by atoms with Crippen molar-refractivity contribution in [2.24, 2.45) is 9.31 Å². The summed E-state index contributed by atoms with van der Waals surface area (Å²) in [5.74, 6) is 3.21. The molecule has 0 aromatic rings. The molecule has 0 saturated carbocycles. The van der Waals surface area contributed by atoms with Gasteiger partial charge in [0, 0.05) is 61.1 Å². The fourth-order valence-electron chi connectivity index (χ4n) is 5.67. The zero-order valence-corrected chi connectivity index (χ0v) is 65.1. The van der Waals surface area contributed by atoms with Crippen LogP contribution in [0.15, 0.2) is 34.4 Å². The van der Waals surface area contributed by atoms with Crippen LogP contribution in [0, 0.1) is 20.6 Å². The van der Waals surface area contributed by atoms with Crippen molar-refractivity contribution in [1.82, 2.24) is 0 Å². The molecule has 1 aliphatic rings. The first kappa shape index (κ1) is 88.2. The third-order valence-electron chi connectivity index (χ3n) is 7.94. The Morgan fingerprint density at radius 2 is 0.897 bits per heavy atom. The molecule has 0 amide bonds. The van der Waals surface area contributed by atoms with E-state index < -0.39 is 77.7 Å². The predicted octanol–water partition coefficient (Wildman–Crippen LogP) is 15.6. The topological polar surface area (TPSA) is 166 Å². The summed E-state index contributed by atoms with van der Waals surface area (Å²) >= 11 is 0. The molecule has 11 nitrogen and oxygen atoms in total. The van der Waals surface area contributed by atoms with Crippen molar-refractivity contribution in [1.29, 1.82) is 20.6 Å². The van der Waals surface area contributed by atoms with Gasteiger partial charge in [0.25, 0.3) is 16.0 Å². The summed E-state index contributed by atoms with van der Waals surface area (Å²) < 4.78 is 36.7. The molecule has 1 aliphatic heterocycles. The van der Waals surface area contributed by atoms with Gasteiger partial charge in [-0.05, 0) is 171 Å².